The number of aryl methyl sites for hydroxylation is 1. The number of hydrogen-bond acceptors (Lipinski definition) is 4. The van der Waals surface area contributed by atoms with Crippen molar-refractivity contribution in [2.24, 2.45) is 0 Å². The van der Waals surface area contributed by atoms with Crippen LogP contribution in [0.1, 0.15) is 30.8 Å². The second kappa shape index (κ2) is 4.52. The molecule has 0 radical (unpaired) electrons. The molecule has 0 aliphatic carbocycles. The number of ether oxygens (including phenoxy) is 1. The fourth-order valence-electron chi connectivity index (χ4n) is 1.20. The first-order valence-corrected chi connectivity index (χ1v) is 4.97. The van der Waals surface area contributed by atoms with Crippen LogP contribution in [0.25, 0.3) is 0 Å². The summed E-state index contributed by atoms with van der Waals surface area (Å²) in [5.41, 5.74) is 5.34. The van der Waals surface area contributed by atoms with E-state index in [1.165, 1.54) is 10.9 Å². The van der Waals surface area contributed by atoms with Crippen molar-refractivity contribution < 1.29 is 14.6 Å². The minimum atomic E-state index is -1.11. The third-order valence-electron chi connectivity index (χ3n) is 2.49. The van der Waals surface area contributed by atoms with Crippen molar-refractivity contribution in [1.29, 1.82) is 0 Å². The van der Waals surface area contributed by atoms with Gasteiger partial charge >= 0.3 is 5.97 Å². The van der Waals surface area contributed by atoms with Crippen LogP contribution in [0.2, 0.25) is 0 Å². The van der Waals surface area contributed by atoms with E-state index in [2.05, 4.69) is 5.10 Å². The lowest BCUT2D eigenvalue weighted by molar-refractivity contribution is 0.0113. The molecule has 0 unspecified atom stereocenters. The van der Waals surface area contributed by atoms with E-state index in [0.29, 0.717) is 6.54 Å². The first kappa shape index (κ1) is 12.5. The van der Waals surface area contributed by atoms with E-state index < -0.39 is 5.97 Å². The Hall–Kier alpha value is -1.56. The Balaban J connectivity index is 2.69. The quantitative estimate of drug-likeness (QED) is 0.782. The second-order valence-corrected chi connectivity index (χ2v) is 4.22. The number of carboxylic acids is 1. The van der Waals surface area contributed by atoms with Crippen LogP contribution in [0.5, 0.6) is 0 Å². The molecule has 6 heteroatoms. The number of hydrogen-bond donors (Lipinski definition) is 2. The van der Waals surface area contributed by atoms with E-state index in [1.807, 2.05) is 13.8 Å². The minimum Gasteiger partial charge on any atom is -0.476 e. The molecule has 90 valence electrons. The summed E-state index contributed by atoms with van der Waals surface area (Å²) in [6, 6.07) is 0. The van der Waals surface area contributed by atoms with Gasteiger partial charge in [-0.05, 0) is 20.3 Å². The zero-order chi connectivity index (χ0) is 12.3. The summed E-state index contributed by atoms with van der Waals surface area (Å²) in [6.07, 6.45) is 2.25. The third kappa shape index (κ3) is 2.96. The molecule has 0 saturated heterocycles. The number of carbonyl (C=O) groups is 1. The molecule has 1 rings (SSSR count). The second-order valence-electron chi connectivity index (χ2n) is 4.22. The molecule has 0 atom stereocenters. The predicted molar refractivity (Wildman–Crippen MR) is 59.3 cm³/mol. The highest BCUT2D eigenvalue weighted by molar-refractivity contribution is 5.91. The minimum absolute atomic E-state index is 0.102. The number of anilines is 1. The Morgan fingerprint density at radius 3 is 2.75 bits per heavy atom. The van der Waals surface area contributed by atoms with Crippen LogP contribution >= 0.6 is 0 Å². The largest absolute Gasteiger partial charge is 0.476 e. The SMILES string of the molecule is COC(C)(C)CCn1cc(N)c(C(=O)O)n1. The topological polar surface area (TPSA) is 90.4 Å². The summed E-state index contributed by atoms with van der Waals surface area (Å²) in [4.78, 5) is 10.7. The highest BCUT2D eigenvalue weighted by Crippen LogP contribution is 2.15. The van der Waals surface area contributed by atoms with Crippen LogP contribution in [0.4, 0.5) is 5.69 Å². The number of nitrogens with two attached hydrogens (primary N) is 1. The van der Waals surface area contributed by atoms with Crippen LogP contribution in [-0.4, -0.2) is 33.6 Å². The van der Waals surface area contributed by atoms with Gasteiger partial charge in [0.15, 0.2) is 5.69 Å². The lowest BCUT2D eigenvalue weighted by Crippen LogP contribution is -2.24. The third-order valence-corrected chi connectivity index (χ3v) is 2.49. The standard InChI is InChI=1S/C10H17N3O3/c1-10(2,16-3)4-5-13-6-7(11)8(12-13)9(14)15/h6H,4-5,11H2,1-3H3,(H,14,15). The van der Waals surface area contributed by atoms with Gasteiger partial charge in [-0.3, -0.25) is 4.68 Å². The number of nitrogen functional groups attached to an aromatic ring is 1. The van der Waals surface area contributed by atoms with Crippen molar-refractivity contribution in [3.63, 3.8) is 0 Å². The van der Waals surface area contributed by atoms with E-state index in [0.717, 1.165) is 6.42 Å². The number of aromatic carboxylic acids is 1. The van der Waals surface area contributed by atoms with Crippen molar-refractivity contribution in [2.75, 3.05) is 12.8 Å². The molecule has 0 aliphatic heterocycles. The van der Waals surface area contributed by atoms with Crippen molar-refractivity contribution in [1.82, 2.24) is 9.78 Å². The molecule has 0 saturated carbocycles. The summed E-state index contributed by atoms with van der Waals surface area (Å²) in [5, 5.41) is 12.7. The van der Waals surface area contributed by atoms with Gasteiger partial charge < -0.3 is 15.6 Å². The zero-order valence-corrected chi connectivity index (χ0v) is 9.73. The van der Waals surface area contributed by atoms with Gasteiger partial charge in [-0.15, -0.1) is 0 Å². The lowest BCUT2D eigenvalue weighted by Gasteiger charge is -2.22. The summed E-state index contributed by atoms with van der Waals surface area (Å²) in [6.45, 7) is 4.48. The lowest BCUT2D eigenvalue weighted by atomic mass is 10.1. The first-order valence-electron chi connectivity index (χ1n) is 4.97. The zero-order valence-electron chi connectivity index (χ0n) is 9.73. The van der Waals surface area contributed by atoms with Gasteiger partial charge in [-0.1, -0.05) is 0 Å². The van der Waals surface area contributed by atoms with Gasteiger partial charge in [-0.25, -0.2) is 4.79 Å². The molecule has 0 bridgehead atoms. The Morgan fingerprint density at radius 2 is 2.31 bits per heavy atom. The highest BCUT2D eigenvalue weighted by Gasteiger charge is 2.18. The van der Waals surface area contributed by atoms with E-state index in [4.69, 9.17) is 15.6 Å². The smallest absolute Gasteiger partial charge is 0.358 e. The van der Waals surface area contributed by atoms with Crippen molar-refractivity contribution in [3.05, 3.63) is 11.9 Å². The summed E-state index contributed by atoms with van der Waals surface area (Å²) < 4.78 is 6.78. The maximum Gasteiger partial charge on any atom is 0.358 e. The Kier molecular flexibility index (Phi) is 3.54. The molecule has 0 aliphatic rings. The van der Waals surface area contributed by atoms with E-state index in [-0.39, 0.29) is 17.0 Å². The molecule has 0 amide bonds. The van der Waals surface area contributed by atoms with Crippen LogP contribution in [0, 0.1) is 0 Å². The van der Waals surface area contributed by atoms with Crippen molar-refractivity contribution in [2.45, 2.75) is 32.4 Å². The molecule has 1 aromatic rings. The Labute approximate surface area is 94.0 Å². The molecule has 0 aromatic carbocycles. The van der Waals surface area contributed by atoms with Crippen LogP contribution in [-0.2, 0) is 11.3 Å². The molecule has 1 heterocycles. The van der Waals surface area contributed by atoms with E-state index in [1.54, 1.807) is 7.11 Å². The average molecular weight is 227 g/mol. The maximum atomic E-state index is 10.7. The van der Waals surface area contributed by atoms with Gasteiger partial charge in [0.25, 0.3) is 0 Å². The molecule has 0 spiro atoms. The summed E-state index contributed by atoms with van der Waals surface area (Å²) >= 11 is 0. The average Bonchev–Trinajstić information content (AvgIpc) is 2.57. The Bertz CT molecular complexity index is 385. The highest BCUT2D eigenvalue weighted by atomic mass is 16.5. The van der Waals surface area contributed by atoms with Gasteiger partial charge in [0.05, 0.1) is 11.3 Å². The summed E-state index contributed by atoms with van der Waals surface area (Å²) in [7, 11) is 1.64. The van der Waals surface area contributed by atoms with Gasteiger partial charge in [0, 0.05) is 19.9 Å². The Morgan fingerprint density at radius 1 is 1.69 bits per heavy atom. The molecule has 0 fully saturated rings. The van der Waals surface area contributed by atoms with Crippen LogP contribution < -0.4 is 5.73 Å². The molecule has 1 aromatic heterocycles. The number of nitrogens with zero attached hydrogens (tertiary/aromatic N) is 2. The summed E-state index contributed by atoms with van der Waals surface area (Å²) in [5.74, 6) is -1.11. The number of aromatic nitrogens is 2. The number of rotatable bonds is 5. The van der Waals surface area contributed by atoms with Crippen LogP contribution in [0.15, 0.2) is 6.20 Å². The van der Waals surface area contributed by atoms with Crippen molar-refractivity contribution in [3.8, 4) is 0 Å². The van der Waals surface area contributed by atoms with Gasteiger partial charge in [0.2, 0.25) is 0 Å². The molecule has 16 heavy (non-hydrogen) atoms. The normalized spacial score (nSPS) is 11.7. The van der Waals surface area contributed by atoms with Crippen LogP contribution in [0.3, 0.4) is 0 Å². The monoisotopic (exact) mass is 227 g/mol. The molecular formula is C10H17N3O3. The van der Waals surface area contributed by atoms with E-state index >= 15 is 0 Å². The molecular weight excluding hydrogens is 210 g/mol. The van der Waals surface area contributed by atoms with Gasteiger partial charge in [-0.2, -0.15) is 5.10 Å². The molecule has 3 N–H and O–H groups in total. The fourth-order valence-corrected chi connectivity index (χ4v) is 1.20. The molecule has 6 nitrogen and oxygen atoms in total. The fraction of sp³-hybridized carbons (Fsp3) is 0.600. The number of carboxylic acid groups (broad SMARTS) is 1. The predicted octanol–water partition coefficient (Wildman–Crippen LogP) is 0.979. The maximum absolute atomic E-state index is 10.7. The first-order chi connectivity index (χ1) is 7.35. The van der Waals surface area contributed by atoms with E-state index in [9.17, 15) is 4.79 Å². The van der Waals surface area contributed by atoms with Gasteiger partial charge in [0.1, 0.15) is 0 Å². The van der Waals surface area contributed by atoms with Crippen molar-refractivity contribution >= 4 is 11.7 Å². The number of methoxy groups -OCH3 is 1.